The van der Waals surface area contributed by atoms with Gasteiger partial charge >= 0.3 is 0 Å². The summed E-state index contributed by atoms with van der Waals surface area (Å²) in [6.07, 6.45) is 11.1. The second-order valence-corrected chi connectivity index (χ2v) is 10.0. The number of hydrogen-bond donors (Lipinski definition) is 2. The fraction of sp³-hybridized carbons (Fsp3) is 0.407. The summed E-state index contributed by atoms with van der Waals surface area (Å²) in [5, 5.41) is 11.1. The van der Waals surface area contributed by atoms with E-state index in [1.165, 1.54) is 17.8 Å². The lowest BCUT2D eigenvalue weighted by Crippen LogP contribution is -2.25. The predicted molar refractivity (Wildman–Crippen MR) is 150 cm³/mol. The summed E-state index contributed by atoms with van der Waals surface area (Å²) < 4.78 is 0. The molecule has 4 rings (SSSR count). The van der Waals surface area contributed by atoms with Crippen molar-refractivity contribution < 1.29 is 9.63 Å². The van der Waals surface area contributed by atoms with Crippen molar-refractivity contribution in [2.24, 2.45) is 5.16 Å². The Morgan fingerprint density at radius 3 is 2.56 bits per heavy atom. The number of oxime groups is 1. The first-order valence-corrected chi connectivity index (χ1v) is 14.5. The number of nitrogens with zero attached hydrogens (tertiary/aromatic N) is 3. The SMILES string of the molecule is CC.CSc1ccc(/C(=N\OC2CCCCC2)C(=O)Nc2ncc(CNCc3ccccn3)s2)cc1. The summed E-state index contributed by atoms with van der Waals surface area (Å²) in [6, 6.07) is 13.6. The molecular weight excluding hydrogens is 490 g/mol. The lowest BCUT2D eigenvalue weighted by molar-refractivity contribution is -0.110. The Morgan fingerprint density at radius 1 is 1.08 bits per heavy atom. The van der Waals surface area contributed by atoms with Gasteiger partial charge in [0.25, 0.3) is 5.91 Å². The number of carbonyl (C=O) groups is 1. The molecule has 3 aromatic rings. The van der Waals surface area contributed by atoms with Crippen molar-refractivity contribution in [2.75, 3.05) is 11.6 Å². The highest BCUT2D eigenvalue weighted by Gasteiger charge is 2.20. The summed E-state index contributed by atoms with van der Waals surface area (Å²) in [7, 11) is 0. The van der Waals surface area contributed by atoms with E-state index >= 15 is 0 Å². The van der Waals surface area contributed by atoms with Crippen LogP contribution in [0, 0.1) is 0 Å². The first kappa shape index (κ1) is 27.8. The monoisotopic (exact) mass is 525 g/mol. The fourth-order valence-electron chi connectivity index (χ4n) is 3.69. The van der Waals surface area contributed by atoms with Gasteiger partial charge in [-0.2, -0.15) is 0 Å². The van der Waals surface area contributed by atoms with Crippen LogP contribution in [-0.4, -0.2) is 33.9 Å². The van der Waals surface area contributed by atoms with E-state index in [-0.39, 0.29) is 17.7 Å². The summed E-state index contributed by atoms with van der Waals surface area (Å²) in [5.41, 5.74) is 1.97. The number of aromatic nitrogens is 2. The van der Waals surface area contributed by atoms with E-state index in [1.54, 1.807) is 24.2 Å². The van der Waals surface area contributed by atoms with Gasteiger partial charge in [0.05, 0.1) is 5.69 Å². The maximum Gasteiger partial charge on any atom is 0.280 e. The third-order valence-electron chi connectivity index (χ3n) is 5.53. The van der Waals surface area contributed by atoms with Gasteiger partial charge in [0, 0.05) is 40.8 Å². The van der Waals surface area contributed by atoms with Crippen LogP contribution in [0.2, 0.25) is 0 Å². The Bertz CT molecular complexity index is 1080. The molecule has 1 aliphatic rings. The lowest BCUT2D eigenvalue weighted by atomic mass is 9.98. The smallest absolute Gasteiger partial charge is 0.280 e. The van der Waals surface area contributed by atoms with Crippen LogP contribution in [0.5, 0.6) is 0 Å². The molecule has 1 amide bonds. The van der Waals surface area contributed by atoms with E-state index in [2.05, 4.69) is 25.8 Å². The van der Waals surface area contributed by atoms with Gasteiger partial charge in [-0.1, -0.05) is 43.6 Å². The van der Waals surface area contributed by atoms with Gasteiger partial charge < -0.3 is 10.2 Å². The zero-order valence-corrected chi connectivity index (χ0v) is 22.8. The number of carbonyl (C=O) groups excluding carboxylic acids is 1. The van der Waals surface area contributed by atoms with Crippen LogP contribution in [0.1, 0.15) is 62.1 Å². The third kappa shape index (κ3) is 8.72. The number of hydrogen-bond acceptors (Lipinski definition) is 8. The third-order valence-corrected chi connectivity index (χ3v) is 7.19. The molecule has 0 aliphatic heterocycles. The number of rotatable bonds is 10. The number of nitrogens with one attached hydrogen (secondary N) is 2. The van der Waals surface area contributed by atoms with E-state index in [4.69, 9.17) is 4.84 Å². The molecule has 1 fully saturated rings. The van der Waals surface area contributed by atoms with Gasteiger partial charge in [-0.05, 0) is 56.2 Å². The second-order valence-electron chi connectivity index (χ2n) is 8.04. The topological polar surface area (TPSA) is 88.5 Å². The highest BCUT2D eigenvalue weighted by Crippen LogP contribution is 2.22. The fourth-order valence-corrected chi connectivity index (χ4v) is 4.88. The largest absolute Gasteiger partial charge is 0.392 e. The molecule has 2 heterocycles. The molecule has 1 aliphatic carbocycles. The van der Waals surface area contributed by atoms with Crippen molar-refractivity contribution in [1.82, 2.24) is 15.3 Å². The average Bonchev–Trinajstić information content (AvgIpc) is 3.38. The first-order chi connectivity index (χ1) is 17.7. The Kier molecular flexibility index (Phi) is 11.9. The highest BCUT2D eigenvalue weighted by atomic mass is 32.2. The van der Waals surface area contributed by atoms with Gasteiger partial charge in [0.15, 0.2) is 10.8 Å². The first-order valence-electron chi connectivity index (χ1n) is 12.5. The van der Waals surface area contributed by atoms with Gasteiger partial charge in [-0.15, -0.1) is 23.1 Å². The summed E-state index contributed by atoms with van der Waals surface area (Å²) in [4.78, 5) is 29.8. The van der Waals surface area contributed by atoms with E-state index in [0.29, 0.717) is 18.2 Å². The van der Waals surface area contributed by atoms with Crippen molar-refractivity contribution in [3.63, 3.8) is 0 Å². The van der Waals surface area contributed by atoms with Crippen LogP contribution in [0.25, 0.3) is 0 Å². The van der Waals surface area contributed by atoms with Crippen molar-refractivity contribution in [3.8, 4) is 0 Å². The Labute approximate surface area is 222 Å². The summed E-state index contributed by atoms with van der Waals surface area (Å²) in [5.74, 6) is -0.324. The minimum atomic E-state index is -0.324. The van der Waals surface area contributed by atoms with Crippen LogP contribution in [0.15, 0.2) is 64.9 Å². The molecule has 7 nitrogen and oxygen atoms in total. The quantitative estimate of drug-likeness (QED) is 0.184. The number of amides is 1. The van der Waals surface area contributed by atoms with Crippen LogP contribution in [0.4, 0.5) is 5.13 Å². The van der Waals surface area contributed by atoms with Crippen LogP contribution < -0.4 is 10.6 Å². The maximum atomic E-state index is 13.2. The minimum absolute atomic E-state index is 0.0682. The highest BCUT2D eigenvalue weighted by molar-refractivity contribution is 7.98. The van der Waals surface area contributed by atoms with Crippen molar-refractivity contribution in [2.45, 2.75) is 70.0 Å². The van der Waals surface area contributed by atoms with Crippen LogP contribution in [0.3, 0.4) is 0 Å². The number of thioether (sulfide) groups is 1. The molecule has 9 heteroatoms. The Hall–Kier alpha value is -2.75. The molecule has 2 N–H and O–H groups in total. The molecule has 0 spiro atoms. The lowest BCUT2D eigenvalue weighted by Gasteiger charge is -2.19. The van der Waals surface area contributed by atoms with E-state index in [9.17, 15) is 4.79 Å². The van der Waals surface area contributed by atoms with Gasteiger partial charge in [0.2, 0.25) is 0 Å². The molecule has 1 aromatic carbocycles. The normalized spacial score (nSPS) is 14.0. The van der Waals surface area contributed by atoms with Gasteiger partial charge in [-0.3, -0.25) is 15.1 Å². The van der Waals surface area contributed by atoms with Gasteiger partial charge in [0.1, 0.15) is 6.10 Å². The Balaban J connectivity index is 0.00000176. The second kappa shape index (κ2) is 15.4. The summed E-state index contributed by atoms with van der Waals surface area (Å²) in [6.45, 7) is 5.31. The maximum absolute atomic E-state index is 13.2. The zero-order chi connectivity index (χ0) is 25.6. The number of pyridine rings is 1. The predicted octanol–water partition coefficient (Wildman–Crippen LogP) is 6.27. The van der Waals surface area contributed by atoms with Crippen LogP contribution >= 0.6 is 23.1 Å². The number of benzene rings is 1. The molecule has 0 atom stereocenters. The average molecular weight is 526 g/mol. The zero-order valence-electron chi connectivity index (χ0n) is 21.2. The molecule has 0 radical (unpaired) electrons. The summed E-state index contributed by atoms with van der Waals surface area (Å²) >= 11 is 3.09. The molecule has 2 aromatic heterocycles. The molecular formula is C27H35N5O2S2. The molecule has 1 saturated carbocycles. The molecule has 0 unspecified atom stereocenters. The van der Waals surface area contributed by atoms with E-state index in [0.717, 1.165) is 46.7 Å². The number of thiazole rings is 1. The standard InChI is InChI=1S/C25H29N5O2S2.C2H6/c1-33-21-12-10-18(11-13-21)23(30-32-20-8-3-2-4-9-20)24(31)29-25-28-17-22(34-25)16-26-15-19-7-5-6-14-27-19;1-2/h5-7,10-14,17,20,26H,2-4,8-9,15-16H2,1H3,(H,28,29,31);1-2H3/b30-23+;. The molecule has 0 saturated heterocycles. The van der Waals surface area contributed by atoms with Crippen molar-refractivity contribution in [1.29, 1.82) is 0 Å². The van der Waals surface area contributed by atoms with Gasteiger partial charge in [-0.25, -0.2) is 4.98 Å². The minimum Gasteiger partial charge on any atom is -0.392 e. The van der Waals surface area contributed by atoms with E-state index < -0.39 is 0 Å². The Morgan fingerprint density at radius 2 is 1.86 bits per heavy atom. The van der Waals surface area contributed by atoms with Crippen molar-refractivity contribution >= 4 is 39.8 Å². The molecule has 192 valence electrons. The van der Waals surface area contributed by atoms with E-state index in [1.807, 2.05) is 62.6 Å². The van der Waals surface area contributed by atoms with Crippen molar-refractivity contribution in [3.05, 3.63) is 71.0 Å². The number of anilines is 1. The molecule has 0 bridgehead atoms. The van der Waals surface area contributed by atoms with Crippen LogP contribution in [-0.2, 0) is 22.7 Å². The molecule has 36 heavy (non-hydrogen) atoms.